The number of hydrogen-bond donors (Lipinski definition) is 0. The molecule has 4 aromatic rings. The highest BCUT2D eigenvalue weighted by Crippen LogP contribution is 2.31. The van der Waals surface area contributed by atoms with Gasteiger partial charge < -0.3 is 9.47 Å². The molecule has 0 aliphatic heterocycles. The molecule has 0 N–H and O–H groups in total. The van der Waals surface area contributed by atoms with Crippen LogP contribution in [0, 0.1) is 6.92 Å². The van der Waals surface area contributed by atoms with Gasteiger partial charge in [-0.1, -0.05) is 65.8 Å². The third-order valence-corrected chi connectivity index (χ3v) is 6.05. The van der Waals surface area contributed by atoms with Crippen LogP contribution in [-0.4, -0.2) is 21.9 Å². The minimum Gasteiger partial charge on any atom is -0.493 e. The Labute approximate surface area is 191 Å². The lowest BCUT2D eigenvalue weighted by molar-refractivity contribution is 0.274. The zero-order chi connectivity index (χ0) is 21.6. The van der Waals surface area contributed by atoms with Gasteiger partial charge in [0.1, 0.15) is 6.61 Å². The third kappa shape index (κ3) is 5.03. The minimum atomic E-state index is 0.258. The normalized spacial score (nSPS) is 10.8. The van der Waals surface area contributed by atoms with E-state index in [-0.39, 0.29) is 6.61 Å². The molecule has 31 heavy (non-hydrogen) atoms. The molecule has 0 bridgehead atoms. The number of thioether (sulfide) groups is 1. The zero-order valence-electron chi connectivity index (χ0n) is 17.3. The Morgan fingerprint density at radius 2 is 1.71 bits per heavy atom. The number of halogens is 1. The maximum atomic E-state index is 6.32. The fraction of sp³-hybridized carbons (Fsp3) is 0.167. The summed E-state index contributed by atoms with van der Waals surface area (Å²) in [6.07, 6.45) is 0. The lowest BCUT2D eigenvalue weighted by atomic mass is 10.2. The van der Waals surface area contributed by atoms with Crippen molar-refractivity contribution in [2.24, 2.45) is 0 Å². The van der Waals surface area contributed by atoms with E-state index in [1.165, 1.54) is 0 Å². The maximum absolute atomic E-state index is 6.32. The van der Waals surface area contributed by atoms with Crippen molar-refractivity contribution in [3.63, 3.8) is 0 Å². The highest BCUT2D eigenvalue weighted by molar-refractivity contribution is 7.98. The van der Waals surface area contributed by atoms with Crippen molar-refractivity contribution in [2.45, 2.75) is 24.4 Å². The highest BCUT2D eigenvalue weighted by Gasteiger charge is 2.16. The first-order chi connectivity index (χ1) is 15.2. The van der Waals surface area contributed by atoms with Crippen LogP contribution in [0.5, 0.6) is 11.5 Å². The summed E-state index contributed by atoms with van der Waals surface area (Å²) in [4.78, 5) is 0. The molecule has 0 amide bonds. The van der Waals surface area contributed by atoms with Crippen molar-refractivity contribution in [1.29, 1.82) is 0 Å². The SMILES string of the molecule is COc1cc(C)ccc1OCc1nnc(SCc2ccccc2Cl)n1-c1ccccc1. The summed E-state index contributed by atoms with van der Waals surface area (Å²) in [5.74, 6) is 2.76. The summed E-state index contributed by atoms with van der Waals surface area (Å²) < 4.78 is 13.5. The molecule has 0 unspecified atom stereocenters. The molecule has 0 saturated heterocycles. The first kappa shape index (κ1) is 21.3. The van der Waals surface area contributed by atoms with Gasteiger partial charge in [-0.25, -0.2) is 0 Å². The van der Waals surface area contributed by atoms with E-state index in [1.807, 2.05) is 84.3 Å². The Morgan fingerprint density at radius 1 is 0.935 bits per heavy atom. The highest BCUT2D eigenvalue weighted by atomic mass is 35.5. The summed E-state index contributed by atoms with van der Waals surface area (Å²) >= 11 is 7.91. The molecule has 0 saturated carbocycles. The molecule has 0 radical (unpaired) electrons. The second-order valence-electron chi connectivity index (χ2n) is 6.89. The predicted molar refractivity (Wildman–Crippen MR) is 124 cm³/mol. The van der Waals surface area contributed by atoms with Crippen LogP contribution in [0.4, 0.5) is 0 Å². The monoisotopic (exact) mass is 451 g/mol. The number of para-hydroxylation sites is 1. The van der Waals surface area contributed by atoms with Crippen molar-refractivity contribution >= 4 is 23.4 Å². The number of nitrogens with zero attached hydrogens (tertiary/aromatic N) is 3. The molecule has 0 spiro atoms. The van der Waals surface area contributed by atoms with Crippen LogP contribution in [-0.2, 0) is 12.4 Å². The van der Waals surface area contributed by atoms with Gasteiger partial charge in [-0.05, 0) is 48.4 Å². The van der Waals surface area contributed by atoms with Crippen molar-refractivity contribution in [1.82, 2.24) is 14.8 Å². The third-order valence-electron chi connectivity index (χ3n) is 4.71. The first-order valence-electron chi connectivity index (χ1n) is 9.79. The van der Waals surface area contributed by atoms with Crippen LogP contribution in [0.25, 0.3) is 5.69 Å². The standard InChI is InChI=1S/C24H22ClN3O2S/c1-17-12-13-21(22(14-17)29-2)30-15-23-26-27-24(28(23)19-9-4-3-5-10-19)31-16-18-8-6-7-11-20(18)25/h3-14H,15-16H2,1-2H3. The average molecular weight is 452 g/mol. The molecule has 1 heterocycles. The smallest absolute Gasteiger partial charge is 0.196 e. The molecule has 0 fully saturated rings. The zero-order valence-corrected chi connectivity index (χ0v) is 18.9. The molecule has 1 aromatic heterocycles. The average Bonchev–Trinajstić information content (AvgIpc) is 3.21. The topological polar surface area (TPSA) is 49.2 Å². The molecular weight excluding hydrogens is 430 g/mol. The number of aryl methyl sites for hydroxylation is 1. The Bertz CT molecular complexity index is 1160. The van der Waals surface area contributed by atoms with Crippen LogP contribution in [0.15, 0.2) is 78.0 Å². The predicted octanol–water partition coefficient (Wildman–Crippen LogP) is 6.11. The Morgan fingerprint density at radius 3 is 2.48 bits per heavy atom. The summed E-state index contributed by atoms with van der Waals surface area (Å²) in [6.45, 7) is 2.27. The Balaban J connectivity index is 1.60. The van der Waals surface area contributed by atoms with E-state index in [9.17, 15) is 0 Å². The van der Waals surface area contributed by atoms with Gasteiger partial charge in [0.05, 0.1) is 7.11 Å². The van der Waals surface area contributed by atoms with Crippen LogP contribution in [0.3, 0.4) is 0 Å². The van der Waals surface area contributed by atoms with E-state index in [2.05, 4.69) is 10.2 Å². The molecule has 3 aromatic carbocycles. The Hall–Kier alpha value is -2.96. The van der Waals surface area contributed by atoms with E-state index in [1.54, 1.807) is 18.9 Å². The van der Waals surface area contributed by atoms with E-state index in [0.717, 1.165) is 27.0 Å². The van der Waals surface area contributed by atoms with Gasteiger partial charge in [-0.2, -0.15) is 0 Å². The summed E-state index contributed by atoms with van der Waals surface area (Å²) in [5, 5.41) is 10.4. The summed E-state index contributed by atoms with van der Waals surface area (Å²) in [6, 6.07) is 23.7. The van der Waals surface area contributed by atoms with Gasteiger partial charge in [-0.15, -0.1) is 10.2 Å². The van der Waals surface area contributed by atoms with Crippen molar-refractivity contribution in [3.05, 3.63) is 94.8 Å². The van der Waals surface area contributed by atoms with Crippen LogP contribution in [0.1, 0.15) is 17.0 Å². The number of rotatable bonds is 8. The summed E-state index contributed by atoms with van der Waals surface area (Å²) in [7, 11) is 1.64. The Kier molecular flexibility index (Phi) is 6.79. The van der Waals surface area contributed by atoms with E-state index in [4.69, 9.17) is 21.1 Å². The van der Waals surface area contributed by atoms with Crippen molar-refractivity contribution < 1.29 is 9.47 Å². The van der Waals surface area contributed by atoms with Crippen LogP contribution in [0.2, 0.25) is 5.02 Å². The fourth-order valence-electron chi connectivity index (χ4n) is 3.12. The molecule has 0 aliphatic carbocycles. The number of ether oxygens (including phenoxy) is 2. The molecule has 7 heteroatoms. The van der Waals surface area contributed by atoms with Gasteiger partial charge >= 0.3 is 0 Å². The number of benzene rings is 3. The molecule has 4 rings (SSSR count). The molecule has 0 atom stereocenters. The first-order valence-corrected chi connectivity index (χ1v) is 11.2. The maximum Gasteiger partial charge on any atom is 0.196 e. The molecule has 0 aliphatic rings. The van der Waals surface area contributed by atoms with E-state index >= 15 is 0 Å². The van der Waals surface area contributed by atoms with Gasteiger partial charge in [0.2, 0.25) is 0 Å². The fourth-order valence-corrected chi connectivity index (χ4v) is 4.37. The van der Waals surface area contributed by atoms with E-state index in [0.29, 0.717) is 23.1 Å². The van der Waals surface area contributed by atoms with E-state index < -0.39 is 0 Å². The quantitative estimate of drug-likeness (QED) is 0.302. The van der Waals surface area contributed by atoms with Crippen LogP contribution >= 0.6 is 23.4 Å². The van der Waals surface area contributed by atoms with Crippen molar-refractivity contribution in [3.8, 4) is 17.2 Å². The van der Waals surface area contributed by atoms with Gasteiger partial charge in [0.15, 0.2) is 22.5 Å². The molecule has 5 nitrogen and oxygen atoms in total. The molecular formula is C24H22ClN3O2S. The van der Waals surface area contributed by atoms with Crippen molar-refractivity contribution in [2.75, 3.05) is 7.11 Å². The second-order valence-corrected chi connectivity index (χ2v) is 8.24. The largest absolute Gasteiger partial charge is 0.493 e. The summed E-state index contributed by atoms with van der Waals surface area (Å²) in [5.41, 5.74) is 3.14. The lowest BCUT2D eigenvalue weighted by Crippen LogP contribution is -2.07. The second kappa shape index (κ2) is 9.90. The minimum absolute atomic E-state index is 0.258. The van der Waals surface area contributed by atoms with Crippen LogP contribution < -0.4 is 9.47 Å². The number of methoxy groups -OCH3 is 1. The van der Waals surface area contributed by atoms with Gasteiger partial charge in [0, 0.05) is 16.5 Å². The molecule has 158 valence electrons. The lowest BCUT2D eigenvalue weighted by Gasteiger charge is -2.13. The van der Waals surface area contributed by atoms with Gasteiger partial charge in [-0.3, -0.25) is 4.57 Å². The number of hydrogen-bond acceptors (Lipinski definition) is 5. The van der Waals surface area contributed by atoms with Gasteiger partial charge in [0.25, 0.3) is 0 Å². The number of aromatic nitrogens is 3.